The molecule has 2 heterocycles. The summed E-state index contributed by atoms with van der Waals surface area (Å²) in [6.45, 7) is 4.96. The number of amides is 1. The van der Waals surface area contributed by atoms with E-state index in [4.69, 9.17) is 4.42 Å². The summed E-state index contributed by atoms with van der Waals surface area (Å²) in [6, 6.07) is 11.7. The molecule has 2 aromatic heterocycles. The Morgan fingerprint density at radius 3 is 2.62 bits per heavy atom. The average molecular weight is 507 g/mol. The molecule has 3 rings (SSSR count). The number of rotatable bonds is 6. The first-order valence-corrected chi connectivity index (χ1v) is 9.21. The van der Waals surface area contributed by atoms with Crippen LogP contribution in [0.2, 0.25) is 0 Å². The van der Waals surface area contributed by atoms with E-state index in [1.165, 1.54) is 0 Å². The molecule has 0 atom stereocenters. The molecule has 29 heavy (non-hydrogen) atoms. The van der Waals surface area contributed by atoms with E-state index in [0.29, 0.717) is 31.3 Å². The number of nitrogens with zero attached hydrogens (tertiary/aromatic N) is 2. The second-order valence-corrected chi connectivity index (χ2v) is 6.52. The molecule has 0 saturated carbocycles. The average Bonchev–Trinajstić information content (AvgIpc) is 3.02. The molecule has 0 aliphatic rings. The van der Waals surface area contributed by atoms with Gasteiger partial charge in [-0.3, -0.25) is 9.79 Å². The molecule has 0 aliphatic carbocycles. The standard InChI is InChI=1S/C21H25N5O2.HI/c1-14-8-9-19(24-12-14)26-20(27)10-11-23-21(22-3)25-13-18-15(2)16-6-4-5-7-17(16)28-18;/h4-9,12H,10-11,13H2,1-3H3,(H2,22,23,25)(H,24,26,27);1H. The fourth-order valence-corrected chi connectivity index (χ4v) is 2.82. The zero-order valence-electron chi connectivity index (χ0n) is 16.8. The smallest absolute Gasteiger partial charge is 0.227 e. The molecule has 7 nitrogen and oxygen atoms in total. The van der Waals surface area contributed by atoms with Crippen LogP contribution in [0.4, 0.5) is 5.82 Å². The molecular formula is C21H26IN5O2. The van der Waals surface area contributed by atoms with Crippen LogP contribution in [0.1, 0.15) is 23.3 Å². The van der Waals surface area contributed by atoms with Gasteiger partial charge in [-0.15, -0.1) is 24.0 Å². The van der Waals surface area contributed by atoms with E-state index in [-0.39, 0.29) is 29.9 Å². The number of fused-ring (bicyclic) bond motifs is 1. The molecule has 3 N–H and O–H groups in total. The largest absolute Gasteiger partial charge is 0.459 e. The van der Waals surface area contributed by atoms with Crippen molar-refractivity contribution in [2.45, 2.75) is 26.8 Å². The Morgan fingerprint density at radius 2 is 1.93 bits per heavy atom. The van der Waals surface area contributed by atoms with Crippen LogP contribution in [-0.2, 0) is 11.3 Å². The first-order chi connectivity index (χ1) is 13.6. The summed E-state index contributed by atoms with van der Waals surface area (Å²) >= 11 is 0. The summed E-state index contributed by atoms with van der Waals surface area (Å²) in [5, 5.41) is 10.2. The lowest BCUT2D eigenvalue weighted by Gasteiger charge is -2.11. The number of aryl methyl sites for hydroxylation is 2. The third-order valence-corrected chi connectivity index (χ3v) is 4.41. The Kier molecular flexibility index (Phi) is 8.44. The van der Waals surface area contributed by atoms with Crippen molar-refractivity contribution in [2.75, 3.05) is 18.9 Å². The van der Waals surface area contributed by atoms with Crippen LogP contribution in [0.3, 0.4) is 0 Å². The molecule has 8 heteroatoms. The molecule has 0 fully saturated rings. The molecule has 0 saturated heterocycles. The zero-order valence-corrected chi connectivity index (χ0v) is 19.1. The summed E-state index contributed by atoms with van der Waals surface area (Å²) in [6.07, 6.45) is 2.03. The Bertz CT molecular complexity index is 982. The molecule has 0 spiro atoms. The van der Waals surface area contributed by atoms with E-state index in [2.05, 4.69) is 25.9 Å². The number of aromatic nitrogens is 1. The lowest BCUT2D eigenvalue weighted by Crippen LogP contribution is -2.38. The number of guanidine groups is 1. The predicted octanol–water partition coefficient (Wildman–Crippen LogP) is 3.76. The normalized spacial score (nSPS) is 11.1. The van der Waals surface area contributed by atoms with Crippen LogP contribution in [0.15, 0.2) is 52.0 Å². The van der Waals surface area contributed by atoms with Crippen LogP contribution < -0.4 is 16.0 Å². The third kappa shape index (κ3) is 6.18. The fourth-order valence-electron chi connectivity index (χ4n) is 2.82. The number of carbonyl (C=O) groups is 1. The molecule has 0 aliphatic heterocycles. The van der Waals surface area contributed by atoms with Crippen molar-refractivity contribution in [3.8, 4) is 0 Å². The number of para-hydroxylation sites is 1. The number of furan rings is 1. The first-order valence-electron chi connectivity index (χ1n) is 9.21. The van der Waals surface area contributed by atoms with Crippen molar-refractivity contribution >= 4 is 52.6 Å². The minimum absolute atomic E-state index is 0. The van der Waals surface area contributed by atoms with E-state index < -0.39 is 0 Å². The van der Waals surface area contributed by atoms with Crippen molar-refractivity contribution in [1.82, 2.24) is 15.6 Å². The number of carbonyl (C=O) groups excluding carboxylic acids is 1. The summed E-state index contributed by atoms with van der Waals surface area (Å²) < 4.78 is 5.89. The number of hydrogen-bond donors (Lipinski definition) is 3. The molecule has 154 valence electrons. The highest BCUT2D eigenvalue weighted by molar-refractivity contribution is 14.0. The number of halogens is 1. The molecule has 1 aromatic carbocycles. The van der Waals surface area contributed by atoms with Crippen LogP contribution >= 0.6 is 24.0 Å². The minimum Gasteiger partial charge on any atom is -0.459 e. The third-order valence-electron chi connectivity index (χ3n) is 4.41. The van der Waals surface area contributed by atoms with Crippen LogP contribution in [0.5, 0.6) is 0 Å². The number of benzene rings is 1. The number of anilines is 1. The van der Waals surface area contributed by atoms with Gasteiger partial charge in [-0.1, -0.05) is 24.3 Å². The van der Waals surface area contributed by atoms with Gasteiger partial charge in [0.05, 0.1) is 6.54 Å². The van der Waals surface area contributed by atoms with Gasteiger partial charge in [0.2, 0.25) is 5.91 Å². The second-order valence-electron chi connectivity index (χ2n) is 6.52. The molecule has 0 unspecified atom stereocenters. The van der Waals surface area contributed by atoms with Gasteiger partial charge in [-0.2, -0.15) is 0 Å². The van der Waals surface area contributed by atoms with E-state index in [1.54, 1.807) is 19.3 Å². The quantitative estimate of drug-likeness (QED) is 0.269. The zero-order chi connectivity index (χ0) is 19.9. The van der Waals surface area contributed by atoms with Crippen LogP contribution in [0.25, 0.3) is 11.0 Å². The number of pyridine rings is 1. The summed E-state index contributed by atoms with van der Waals surface area (Å²) in [5.41, 5.74) is 3.04. The fraction of sp³-hybridized carbons (Fsp3) is 0.286. The van der Waals surface area contributed by atoms with Crippen molar-refractivity contribution in [3.63, 3.8) is 0 Å². The Labute approximate surface area is 187 Å². The van der Waals surface area contributed by atoms with E-state index in [9.17, 15) is 4.79 Å². The molecule has 3 aromatic rings. The Morgan fingerprint density at radius 1 is 1.14 bits per heavy atom. The number of hydrogen-bond acceptors (Lipinski definition) is 4. The van der Waals surface area contributed by atoms with Crippen LogP contribution in [0, 0.1) is 13.8 Å². The maximum Gasteiger partial charge on any atom is 0.227 e. The minimum atomic E-state index is -0.104. The van der Waals surface area contributed by atoms with Gasteiger partial charge in [0.25, 0.3) is 0 Å². The van der Waals surface area contributed by atoms with Gasteiger partial charge in [-0.25, -0.2) is 4.98 Å². The summed E-state index contributed by atoms with van der Waals surface area (Å²) in [5.74, 6) is 1.93. The molecule has 0 bridgehead atoms. The van der Waals surface area contributed by atoms with Crippen molar-refractivity contribution in [1.29, 1.82) is 0 Å². The SMILES string of the molecule is CN=C(NCCC(=O)Nc1ccc(C)cn1)NCc1oc2ccccc2c1C.I. The lowest BCUT2D eigenvalue weighted by atomic mass is 10.1. The molecule has 1 amide bonds. The van der Waals surface area contributed by atoms with Crippen molar-refractivity contribution in [2.24, 2.45) is 4.99 Å². The van der Waals surface area contributed by atoms with E-state index in [0.717, 1.165) is 27.9 Å². The van der Waals surface area contributed by atoms with Gasteiger partial charge in [0.1, 0.15) is 17.2 Å². The van der Waals surface area contributed by atoms with E-state index >= 15 is 0 Å². The number of aliphatic imine (C=N–C) groups is 1. The van der Waals surface area contributed by atoms with Gasteiger partial charge >= 0.3 is 0 Å². The van der Waals surface area contributed by atoms with Gasteiger partial charge in [-0.05, 0) is 31.5 Å². The van der Waals surface area contributed by atoms with Crippen molar-refractivity contribution < 1.29 is 9.21 Å². The summed E-state index contributed by atoms with van der Waals surface area (Å²) in [4.78, 5) is 20.4. The Balaban J connectivity index is 0.00000300. The highest BCUT2D eigenvalue weighted by Gasteiger charge is 2.10. The highest BCUT2D eigenvalue weighted by Crippen LogP contribution is 2.24. The summed E-state index contributed by atoms with van der Waals surface area (Å²) in [7, 11) is 1.69. The van der Waals surface area contributed by atoms with Gasteiger partial charge < -0.3 is 20.4 Å². The van der Waals surface area contributed by atoms with Crippen molar-refractivity contribution in [3.05, 3.63) is 59.5 Å². The van der Waals surface area contributed by atoms with Gasteiger partial charge in [0.15, 0.2) is 5.96 Å². The monoisotopic (exact) mass is 507 g/mol. The predicted molar refractivity (Wildman–Crippen MR) is 127 cm³/mol. The maximum atomic E-state index is 12.0. The topological polar surface area (TPSA) is 91.5 Å². The van der Waals surface area contributed by atoms with Crippen LogP contribution in [-0.4, -0.2) is 30.4 Å². The van der Waals surface area contributed by atoms with Gasteiger partial charge in [0, 0.05) is 37.2 Å². The highest BCUT2D eigenvalue weighted by atomic mass is 127. The first kappa shape index (κ1) is 22.7. The Hall–Kier alpha value is -2.62. The number of nitrogens with one attached hydrogen (secondary N) is 3. The second kappa shape index (κ2) is 10.8. The van der Waals surface area contributed by atoms with E-state index in [1.807, 2.05) is 44.2 Å². The maximum absolute atomic E-state index is 12.0. The molecular weight excluding hydrogens is 481 g/mol. The lowest BCUT2D eigenvalue weighted by molar-refractivity contribution is -0.116. The molecule has 0 radical (unpaired) electrons.